The van der Waals surface area contributed by atoms with Gasteiger partial charge in [0.15, 0.2) is 0 Å². The minimum Gasteiger partial charge on any atom is -0.287 e. The zero-order valence-electron chi connectivity index (χ0n) is 8.29. The topological polar surface area (TPSA) is 113 Å². The SMILES string of the molecule is N=C(Cc1ccccc1[N+](=O)[O-])N(N)C=O. The van der Waals surface area contributed by atoms with Gasteiger partial charge in [0.1, 0.15) is 5.84 Å². The number of carbonyl (C=O) groups is 1. The molecule has 84 valence electrons. The summed E-state index contributed by atoms with van der Waals surface area (Å²) < 4.78 is 0. The summed E-state index contributed by atoms with van der Waals surface area (Å²) in [4.78, 5) is 20.4. The molecule has 0 aromatic heterocycles. The summed E-state index contributed by atoms with van der Waals surface area (Å²) >= 11 is 0. The lowest BCUT2D eigenvalue weighted by atomic mass is 10.1. The number of nitro benzene ring substituents is 1. The van der Waals surface area contributed by atoms with Crippen LogP contribution in [0.3, 0.4) is 0 Å². The lowest BCUT2D eigenvalue weighted by molar-refractivity contribution is -0.385. The highest BCUT2D eigenvalue weighted by Gasteiger charge is 2.15. The zero-order chi connectivity index (χ0) is 12.1. The van der Waals surface area contributed by atoms with E-state index in [0.717, 1.165) is 0 Å². The molecule has 1 rings (SSSR count). The summed E-state index contributed by atoms with van der Waals surface area (Å²) in [5.41, 5.74) is 0.251. The van der Waals surface area contributed by atoms with Crippen molar-refractivity contribution in [2.45, 2.75) is 6.42 Å². The van der Waals surface area contributed by atoms with Gasteiger partial charge in [-0.2, -0.15) is 0 Å². The molecule has 7 heteroatoms. The lowest BCUT2D eigenvalue weighted by Crippen LogP contribution is -2.36. The Labute approximate surface area is 91.1 Å². The molecule has 0 saturated carbocycles. The number of nitrogens with two attached hydrogens (primary N) is 1. The molecule has 1 aromatic rings. The highest BCUT2D eigenvalue weighted by atomic mass is 16.6. The third-order valence-electron chi connectivity index (χ3n) is 1.97. The highest BCUT2D eigenvalue weighted by Crippen LogP contribution is 2.18. The monoisotopic (exact) mass is 222 g/mol. The van der Waals surface area contributed by atoms with E-state index in [-0.39, 0.29) is 24.4 Å². The molecular formula is C9H10N4O3. The fourth-order valence-corrected chi connectivity index (χ4v) is 1.17. The molecular weight excluding hydrogens is 212 g/mol. The first-order valence-corrected chi connectivity index (χ1v) is 4.35. The van der Waals surface area contributed by atoms with Gasteiger partial charge in [0.25, 0.3) is 5.69 Å². The quantitative estimate of drug-likeness (QED) is 0.146. The molecule has 7 nitrogen and oxygen atoms in total. The van der Waals surface area contributed by atoms with Gasteiger partial charge in [0.05, 0.1) is 4.92 Å². The van der Waals surface area contributed by atoms with Crippen LogP contribution in [0, 0.1) is 15.5 Å². The van der Waals surface area contributed by atoms with Crippen LogP contribution in [0.15, 0.2) is 24.3 Å². The van der Waals surface area contributed by atoms with E-state index in [1.165, 1.54) is 18.2 Å². The first-order valence-electron chi connectivity index (χ1n) is 4.35. The van der Waals surface area contributed by atoms with E-state index in [0.29, 0.717) is 10.6 Å². The number of hydrogen-bond acceptors (Lipinski definition) is 5. The second kappa shape index (κ2) is 4.99. The first kappa shape index (κ1) is 11.8. The van der Waals surface area contributed by atoms with Gasteiger partial charge in [-0.3, -0.25) is 20.3 Å². The molecule has 0 heterocycles. The number of nitrogens with one attached hydrogen (secondary N) is 1. The molecule has 0 aliphatic rings. The Bertz CT molecular complexity index is 433. The van der Waals surface area contributed by atoms with E-state index in [1.807, 2.05) is 0 Å². The van der Waals surface area contributed by atoms with Gasteiger partial charge < -0.3 is 0 Å². The molecule has 3 N–H and O–H groups in total. The van der Waals surface area contributed by atoms with Gasteiger partial charge >= 0.3 is 0 Å². The Morgan fingerprint density at radius 3 is 2.75 bits per heavy atom. The van der Waals surface area contributed by atoms with E-state index in [2.05, 4.69) is 0 Å². The summed E-state index contributed by atoms with van der Waals surface area (Å²) in [6.45, 7) is 0. The molecule has 0 atom stereocenters. The molecule has 0 fully saturated rings. The minimum absolute atomic E-state index is 0.0631. The van der Waals surface area contributed by atoms with Crippen LogP contribution in [0.5, 0.6) is 0 Å². The summed E-state index contributed by atoms with van der Waals surface area (Å²) in [5, 5.41) is 18.7. The van der Waals surface area contributed by atoms with Crippen molar-refractivity contribution < 1.29 is 9.72 Å². The third-order valence-corrected chi connectivity index (χ3v) is 1.97. The van der Waals surface area contributed by atoms with E-state index < -0.39 is 4.92 Å². The van der Waals surface area contributed by atoms with Gasteiger partial charge in [0, 0.05) is 18.1 Å². The van der Waals surface area contributed by atoms with Crippen molar-refractivity contribution in [2.24, 2.45) is 5.84 Å². The molecule has 0 saturated heterocycles. The van der Waals surface area contributed by atoms with Gasteiger partial charge in [-0.25, -0.2) is 10.9 Å². The maximum Gasteiger partial charge on any atom is 0.273 e. The van der Waals surface area contributed by atoms with Crippen LogP contribution >= 0.6 is 0 Å². The fraction of sp³-hybridized carbons (Fsp3) is 0.111. The molecule has 0 unspecified atom stereocenters. The lowest BCUT2D eigenvalue weighted by Gasteiger charge is -2.11. The molecule has 0 aliphatic heterocycles. The van der Waals surface area contributed by atoms with E-state index >= 15 is 0 Å². The second-order valence-corrected chi connectivity index (χ2v) is 3.02. The Morgan fingerprint density at radius 1 is 1.56 bits per heavy atom. The Balaban J connectivity index is 2.93. The predicted octanol–water partition coefficient (Wildman–Crippen LogP) is 0.447. The van der Waals surface area contributed by atoms with Crippen molar-refractivity contribution in [3.05, 3.63) is 39.9 Å². The van der Waals surface area contributed by atoms with Gasteiger partial charge in [-0.1, -0.05) is 18.2 Å². The smallest absolute Gasteiger partial charge is 0.273 e. The number of hydrazine groups is 1. The van der Waals surface area contributed by atoms with E-state index in [4.69, 9.17) is 11.3 Å². The number of nitrogens with zero attached hydrogens (tertiary/aromatic N) is 2. The summed E-state index contributed by atoms with van der Waals surface area (Å²) in [6.07, 6.45) is 0.212. The average Bonchev–Trinajstić information content (AvgIpc) is 2.28. The van der Waals surface area contributed by atoms with Crippen LogP contribution in [0.1, 0.15) is 5.56 Å². The Kier molecular flexibility index (Phi) is 3.67. The number of para-hydroxylation sites is 1. The van der Waals surface area contributed by atoms with Crippen LogP contribution in [-0.2, 0) is 11.2 Å². The molecule has 16 heavy (non-hydrogen) atoms. The largest absolute Gasteiger partial charge is 0.287 e. The first-order chi connectivity index (χ1) is 7.56. The zero-order valence-corrected chi connectivity index (χ0v) is 8.29. The van der Waals surface area contributed by atoms with Crippen LogP contribution in [0.2, 0.25) is 0 Å². The number of amidine groups is 1. The van der Waals surface area contributed by atoms with Crippen LogP contribution in [0.25, 0.3) is 0 Å². The second-order valence-electron chi connectivity index (χ2n) is 3.02. The Hall–Kier alpha value is -2.28. The van der Waals surface area contributed by atoms with Crippen LogP contribution in [0.4, 0.5) is 5.69 Å². The summed E-state index contributed by atoms with van der Waals surface area (Å²) in [6, 6.07) is 6.01. The average molecular weight is 222 g/mol. The number of amides is 1. The standard InChI is InChI=1S/C9H10N4O3/c10-9(12(11)6-14)5-7-3-1-2-4-8(7)13(15)16/h1-4,6,10H,5,11H2. The van der Waals surface area contributed by atoms with Gasteiger partial charge in [-0.05, 0) is 0 Å². The maximum atomic E-state index is 10.7. The third kappa shape index (κ3) is 2.61. The van der Waals surface area contributed by atoms with Crippen LogP contribution in [-0.4, -0.2) is 22.2 Å². The maximum absolute atomic E-state index is 10.7. The Morgan fingerprint density at radius 2 is 2.19 bits per heavy atom. The highest BCUT2D eigenvalue weighted by molar-refractivity contribution is 5.89. The number of carbonyl (C=O) groups excluding carboxylic acids is 1. The van der Waals surface area contributed by atoms with Crippen molar-refractivity contribution in [2.75, 3.05) is 0 Å². The summed E-state index contributed by atoms with van der Waals surface area (Å²) in [7, 11) is 0. The van der Waals surface area contributed by atoms with Gasteiger partial charge in [-0.15, -0.1) is 0 Å². The summed E-state index contributed by atoms with van der Waals surface area (Å²) in [5.74, 6) is 4.96. The molecule has 0 aliphatic carbocycles. The van der Waals surface area contributed by atoms with Crippen molar-refractivity contribution >= 4 is 17.9 Å². The van der Waals surface area contributed by atoms with E-state index in [9.17, 15) is 14.9 Å². The van der Waals surface area contributed by atoms with E-state index in [1.54, 1.807) is 6.07 Å². The minimum atomic E-state index is -0.537. The molecule has 1 amide bonds. The van der Waals surface area contributed by atoms with Crippen molar-refractivity contribution in [1.29, 1.82) is 5.41 Å². The molecule has 0 radical (unpaired) electrons. The molecule has 0 bridgehead atoms. The number of nitro groups is 1. The fourth-order valence-electron chi connectivity index (χ4n) is 1.17. The normalized spacial score (nSPS) is 9.56. The van der Waals surface area contributed by atoms with Crippen molar-refractivity contribution in [1.82, 2.24) is 5.01 Å². The predicted molar refractivity (Wildman–Crippen MR) is 56.6 cm³/mol. The van der Waals surface area contributed by atoms with Crippen molar-refractivity contribution in [3.8, 4) is 0 Å². The number of hydrogen-bond donors (Lipinski definition) is 2. The van der Waals surface area contributed by atoms with Crippen LogP contribution < -0.4 is 5.84 Å². The number of rotatable bonds is 4. The van der Waals surface area contributed by atoms with Gasteiger partial charge in [0.2, 0.25) is 6.41 Å². The molecule has 0 spiro atoms. The number of benzene rings is 1. The van der Waals surface area contributed by atoms with Crippen molar-refractivity contribution in [3.63, 3.8) is 0 Å². The molecule has 1 aromatic carbocycles.